The summed E-state index contributed by atoms with van der Waals surface area (Å²) in [5, 5.41) is 3.59. The highest BCUT2D eigenvalue weighted by atomic mass is 35.5. The summed E-state index contributed by atoms with van der Waals surface area (Å²) >= 11 is 13.8. The van der Waals surface area contributed by atoms with Gasteiger partial charge >= 0.3 is 0 Å². The average Bonchev–Trinajstić information content (AvgIpc) is 2.96. The van der Waals surface area contributed by atoms with Gasteiger partial charge in [0.1, 0.15) is 12.6 Å². The van der Waals surface area contributed by atoms with Crippen molar-refractivity contribution in [1.29, 1.82) is 0 Å². The minimum absolute atomic E-state index is 0.0228. The van der Waals surface area contributed by atoms with Crippen LogP contribution in [0.3, 0.4) is 0 Å². The molecule has 3 aromatic rings. The molecule has 0 unspecified atom stereocenters. The van der Waals surface area contributed by atoms with Crippen LogP contribution in [0.15, 0.2) is 76.5 Å². The second-order valence-electron chi connectivity index (χ2n) is 9.79. The number of amides is 2. The number of thioether (sulfide) groups is 1. The monoisotopic (exact) mass is 635 g/mol. The van der Waals surface area contributed by atoms with E-state index < -0.39 is 28.5 Å². The third kappa shape index (κ3) is 8.41. The van der Waals surface area contributed by atoms with Crippen LogP contribution < -0.4 is 9.62 Å². The topological polar surface area (TPSA) is 86.8 Å². The van der Waals surface area contributed by atoms with Gasteiger partial charge in [-0.15, -0.1) is 11.8 Å². The maximum atomic E-state index is 14.0. The Kier molecular flexibility index (Phi) is 11.6. The van der Waals surface area contributed by atoms with Gasteiger partial charge in [0.15, 0.2) is 0 Å². The molecule has 0 radical (unpaired) electrons. The molecule has 2 amide bonds. The molecule has 3 rings (SSSR count). The number of benzene rings is 3. The third-order valence-electron chi connectivity index (χ3n) is 6.75. The molecular formula is C30H35Cl2N3O4S2. The molecule has 7 nitrogen and oxygen atoms in total. The molecule has 2 atom stereocenters. The van der Waals surface area contributed by atoms with Gasteiger partial charge in [0, 0.05) is 17.5 Å². The minimum Gasteiger partial charge on any atom is -0.352 e. The largest absolute Gasteiger partial charge is 0.352 e. The van der Waals surface area contributed by atoms with Crippen molar-refractivity contribution in [2.45, 2.75) is 62.5 Å². The maximum Gasteiger partial charge on any atom is 0.264 e. The van der Waals surface area contributed by atoms with Crippen molar-refractivity contribution in [1.82, 2.24) is 10.2 Å². The van der Waals surface area contributed by atoms with E-state index in [0.29, 0.717) is 27.7 Å². The quantitative estimate of drug-likeness (QED) is 0.228. The van der Waals surface area contributed by atoms with Crippen molar-refractivity contribution in [2.75, 3.05) is 17.1 Å². The summed E-state index contributed by atoms with van der Waals surface area (Å²) in [4.78, 5) is 29.5. The zero-order valence-corrected chi connectivity index (χ0v) is 26.9. The molecule has 0 fully saturated rings. The molecule has 0 aromatic heterocycles. The van der Waals surface area contributed by atoms with Crippen LogP contribution in [0.1, 0.15) is 38.3 Å². The van der Waals surface area contributed by atoms with Gasteiger partial charge in [0.2, 0.25) is 11.8 Å². The fourth-order valence-electron chi connectivity index (χ4n) is 4.00. The van der Waals surface area contributed by atoms with Gasteiger partial charge in [-0.3, -0.25) is 13.9 Å². The summed E-state index contributed by atoms with van der Waals surface area (Å²) in [5.74, 6) is -0.891. The molecule has 0 aliphatic rings. The molecule has 0 saturated heterocycles. The van der Waals surface area contributed by atoms with Crippen LogP contribution in [0.5, 0.6) is 0 Å². The summed E-state index contributed by atoms with van der Waals surface area (Å²) in [6.45, 7) is 6.85. The second-order valence-corrected chi connectivity index (χ2v) is 13.3. The Hall–Kier alpha value is -2.72. The molecule has 41 heavy (non-hydrogen) atoms. The van der Waals surface area contributed by atoms with Crippen LogP contribution in [0.4, 0.5) is 5.69 Å². The number of hydrogen-bond acceptors (Lipinski definition) is 5. The van der Waals surface area contributed by atoms with E-state index in [9.17, 15) is 18.0 Å². The number of halogens is 2. The number of rotatable bonds is 12. The minimum atomic E-state index is -4.14. The smallest absolute Gasteiger partial charge is 0.264 e. The number of aryl methyl sites for hydroxylation is 1. The predicted octanol–water partition coefficient (Wildman–Crippen LogP) is 6.55. The fourth-order valence-corrected chi connectivity index (χ4v) is 6.14. The highest BCUT2D eigenvalue weighted by Crippen LogP contribution is 2.27. The van der Waals surface area contributed by atoms with E-state index in [0.717, 1.165) is 14.8 Å². The Morgan fingerprint density at radius 3 is 2.15 bits per heavy atom. The lowest BCUT2D eigenvalue weighted by Gasteiger charge is -2.32. The van der Waals surface area contributed by atoms with E-state index in [-0.39, 0.29) is 23.4 Å². The summed E-state index contributed by atoms with van der Waals surface area (Å²) in [5.41, 5.74) is 1.93. The molecule has 0 saturated carbocycles. The molecular weight excluding hydrogens is 601 g/mol. The Bertz CT molecular complexity index is 1470. The van der Waals surface area contributed by atoms with Gasteiger partial charge in [-0.2, -0.15) is 0 Å². The third-order valence-corrected chi connectivity index (χ3v) is 10.0. The van der Waals surface area contributed by atoms with Gasteiger partial charge < -0.3 is 10.2 Å². The van der Waals surface area contributed by atoms with Gasteiger partial charge in [0.05, 0.1) is 20.6 Å². The summed E-state index contributed by atoms with van der Waals surface area (Å²) in [7, 11) is -4.14. The number of carbonyl (C=O) groups is 2. The molecule has 0 aliphatic carbocycles. The van der Waals surface area contributed by atoms with E-state index in [2.05, 4.69) is 5.32 Å². The number of hydrogen-bond donors (Lipinski definition) is 1. The number of carbonyl (C=O) groups excluding carboxylic acids is 2. The van der Waals surface area contributed by atoms with Crippen molar-refractivity contribution in [3.8, 4) is 0 Å². The first-order valence-corrected chi connectivity index (χ1v) is 16.6. The van der Waals surface area contributed by atoms with Crippen LogP contribution >= 0.6 is 35.0 Å². The zero-order chi connectivity index (χ0) is 30.3. The Labute approximate surface area is 257 Å². The Balaban J connectivity index is 2.03. The normalized spacial score (nSPS) is 12.9. The van der Waals surface area contributed by atoms with Crippen LogP contribution in [0, 0.1) is 6.92 Å². The average molecular weight is 637 g/mol. The summed E-state index contributed by atoms with van der Waals surface area (Å²) in [6, 6.07) is 17.4. The number of sulfonamides is 1. The molecule has 0 aliphatic heterocycles. The molecule has 0 heterocycles. The van der Waals surface area contributed by atoms with E-state index in [1.807, 2.05) is 27.0 Å². The zero-order valence-electron chi connectivity index (χ0n) is 23.7. The van der Waals surface area contributed by atoms with Crippen molar-refractivity contribution < 1.29 is 18.0 Å². The van der Waals surface area contributed by atoms with E-state index in [1.165, 1.54) is 28.8 Å². The molecule has 0 bridgehead atoms. The number of nitrogens with one attached hydrogen (secondary N) is 1. The van der Waals surface area contributed by atoms with E-state index in [1.54, 1.807) is 61.5 Å². The second kappa shape index (κ2) is 14.4. The van der Waals surface area contributed by atoms with Gasteiger partial charge in [-0.25, -0.2) is 8.42 Å². The van der Waals surface area contributed by atoms with Crippen molar-refractivity contribution in [3.63, 3.8) is 0 Å². The van der Waals surface area contributed by atoms with Gasteiger partial charge in [-0.1, -0.05) is 53.9 Å². The lowest BCUT2D eigenvalue weighted by molar-refractivity contribution is -0.139. The SMILES string of the molecule is CC[C@@H](C)NC(=O)[C@H](C)N(Cc1ccc(Cl)c(Cl)c1)C(=O)CN(c1ccc(C)cc1)S(=O)(=O)c1ccc(SC)cc1. The Morgan fingerprint density at radius 1 is 0.951 bits per heavy atom. The highest BCUT2D eigenvalue weighted by Gasteiger charge is 2.33. The first-order valence-electron chi connectivity index (χ1n) is 13.1. The van der Waals surface area contributed by atoms with Crippen molar-refractivity contribution >= 4 is 62.5 Å². The molecule has 3 aromatic carbocycles. The molecule has 220 valence electrons. The van der Waals surface area contributed by atoms with Gasteiger partial charge in [-0.05, 0) is 87.5 Å². The van der Waals surface area contributed by atoms with E-state index in [4.69, 9.17) is 23.2 Å². The standard InChI is InChI=1S/C30H35Cl2N3O4S2/c1-6-21(3)33-30(37)22(4)34(18-23-9-16-27(31)28(32)17-23)29(36)19-35(24-10-7-20(2)8-11-24)41(38,39)26-14-12-25(40-5)13-15-26/h7-17,21-22H,6,18-19H2,1-5H3,(H,33,37)/t21-,22+/m1/s1. The van der Waals surface area contributed by atoms with Crippen LogP contribution in [0.2, 0.25) is 10.0 Å². The molecule has 1 N–H and O–H groups in total. The molecule has 0 spiro atoms. The predicted molar refractivity (Wildman–Crippen MR) is 168 cm³/mol. The van der Waals surface area contributed by atoms with E-state index >= 15 is 0 Å². The first kappa shape index (κ1) is 32.8. The maximum absolute atomic E-state index is 14.0. The van der Waals surface area contributed by atoms with Crippen molar-refractivity contribution in [3.05, 3.63) is 87.9 Å². The van der Waals surface area contributed by atoms with Crippen molar-refractivity contribution in [2.24, 2.45) is 0 Å². The van der Waals surface area contributed by atoms with Crippen LogP contribution in [0.25, 0.3) is 0 Å². The lowest BCUT2D eigenvalue weighted by Crippen LogP contribution is -2.52. The fraction of sp³-hybridized carbons (Fsp3) is 0.333. The van der Waals surface area contributed by atoms with Crippen LogP contribution in [-0.2, 0) is 26.2 Å². The number of anilines is 1. The first-order chi connectivity index (χ1) is 19.4. The summed E-state index contributed by atoms with van der Waals surface area (Å²) < 4.78 is 29.0. The van der Waals surface area contributed by atoms with Gasteiger partial charge in [0.25, 0.3) is 10.0 Å². The van der Waals surface area contributed by atoms with Crippen LogP contribution in [-0.4, -0.2) is 50.0 Å². The lowest BCUT2D eigenvalue weighted by atomic mass is 10.1. The summed E-state index contributed by atoms with van der Waals surface area (Å²) in [6.07, 6.45) is 2.62. The molecule has 11 heteroatoms. The number of nitrogens with zero attached hydrogens (tertiary/aromatic N) is 2. The highest BCUT2D eigenvalue weighted by molar-refractivity contribution is 7.98. The Morgan fingerprint density at radius 2 is 1.59 bits per heavy atom.